The van der Waals surface area contributed by atoms with Crippen molar-refractivity contribution in [2.75, 3.05) is 11.9 Å². The predicted molar refractivity (Wildman–Crippen MR) is 110 cm³/mol. The standard InChI is InChI=1S/C20H20Cl2N4O/c1-2-25-17-7-4-3-6-16(17)24-19(25)18-8-5-11-26(18)20(27)23-13-9-10-14(21)15(22)12-13/h3-4,6-7,9-10,12,18H,2,5,8,11H2,1H3,(H,23,27). The van der Waals surface area contributed by atoms with E-state index in [9.17, 15) is 4.79 Å². The number of rotatable bonds is 3. The number of anilines is 1. The molecule has 0 bridgehead atoms. The van der Waals surface area contributed by atoms with Crippen molar-refractivity contribution < 1.29 is 4.79 Å². The number of amides is 2. The van der Waals surface area contributed by atoms with E-state index in [0.29, 0.717) is 22.3 Å². The van der Waals surface area contributed by atoms with E-state index in [1.54, 1.807) is 18.2 Å². The monoisotopic (exact) mass is 402 g/mol. The van der Waals surface area contributed by atoms with E-state index in [4.69, 9.17) is 28.2 Å². The Balaban J connectivity index is 1.62. The van der Waals surface area contributed by atoms with Gasteiger partial charge in [-0.1, -0.05) is 35.3 Å². The molecule has 0 saturated carbocycles. The first-order chi connectivity index (χ1) is 13.1. The predicted octanol–water partition coefficient (Wildman–Crippen LogP) is 5.73. The molecule has 2 amide bonds. The van der Waals surface area contributed by atoms with Crippen LogP contribution in [0.5, 0.6) is 0 Å². The van der Waals surface area contributed by atoms with Crippen molar-refractivity contribution in [2.45, 2.75) is 32.4 Å². The molecule has 1 fully saturated rings. The lowest BCUT2D eigenvalue weighted by Crippen LogP contribution is -2.35. The Labute approximate surface area is 167 Å². The van der Waals surface area contributed by atoms with Crippen molar-refractivity contribution >= 4 is 46.0 Å². The van der Waals surface area contributed by atoms with Gasteiger partial charge >= 0.3 is 6.03 Å². The SMILES string of the molecule is CCn1c(C2CCCN2C(=O)Nc2ccc(Cl)c(Cl)c2)nc2ccccc21. The van der Waals surface area contributed by atoms with Gasteiger partial charge in [-0.3, -0.25) is 0 Å². The molecule has 3 aromatic rings. The van der Waals surface area contributed by atoms with Gasteiger partial charge in [0.25, 0.3) is 0 Å². The Morgan fingerprint density at radius 1 is 1.22 bits per heavy atom. The number of halogens is 2. The Hall–Kier alpha value is -2.24. The summed E-state index contributed by atoms with van der Waals surface area (Å²) in [6.45, 7) is 3.62. The van der Waals surface area contributed by atoms with Gasteiger partial charge in [0.05, 0.1) is 27.1 Å². The molecule has 27 heavy (non-hydrogen) atoms. The van der Waals surface area contributed by atoms with Gasteiger partial charge < -0.3 is 14.8 Å². The van der Waals surface area contributed by atoms with Crippen LogP contribution in [-0.2, 0) is 6.54 Å². The highest BCUT2D eigenvalue weighted by Crippen LogP contribution is 2.34. The van der Waals surface area contributed by atoms with Crippen LogP contribution in [0.2, 0.25) is 10.0 Å². The zero-order valence-electron chi connectivity index (χ0n) is 15.0. The number of aromatic nitrogens is 2. The average Bonchev–Trinajstić information content (AvgIpc) is 3.28. The Kier molecular flexibility index (Phi) is 4.98. The fourth-order valence-electron chi connectivity index (χ4n) is 3.73. The molecule has 1 saturated heterocycles. The summed E-state index contributed by atoms with van der Waals surface area (Å²) >= 11 is 12.0. The molecule has 2 heterocycles. The number of hydrogen-bond acceptors (Lipinski definition) is 2. The second-order valence-corrected chi connectivity index (χ2v) is 7.43. The molecule has 1 aliphatic rings. The molecule has 1 aromatic heterocycles. The molecule has 0 spiro atoms. The first-order valence-corrected chi connectivity index (χ1v) is 9.82. The van der Waals surface area contributed by atoms with Crippen molar-refractivity contribution in [1.29, 1.82) is 0 Å². The molecular formula is C20H20Cl2N4O. The number of carbonyl (C=O) groups excluding carboxylic acids is 1. The van der Waals surface area contributed by atoms with E-state index in [2.05, 4.69) is 22.9 Å². The minimum atomic E-state index is -0.148. The lowest BCUT2D eigenvalue weighted by molar-refractivity contribution is 0.204. The van der Waals surface area contributed by atoms with Crippen LogP contribution >= 0.6 is 23.2 Å². The van der Waals surface area contributed by atoms with E-state index >= 15 is 0 Å². The normalized spacial score (nSPS) is 16.9. The van der Waals surface area contributed by atoms with Gasteiger partial charge in [0.2, 0.25) is 0 Å². The molecule has 0 aliphatic carbocycles. The summed E-state index contributed by atoms with van der Waals surface area (Å²) in [5.74, 6) is 0.945. The number of imidazole rings is 1. The molecule has 1 N–H and O–H groups in total. The fraction of sp³-hybridized carbons (Fsp3) is 0.300. The maximum absolute atomic E-state index is 12.9. The van der Waals surface area contributed by atoms with Crippen LogP contribution in [0.3, 0.4) is 0 Å². The van der Waals surface area contributed by atoms with Crippen LogP contribution in [0.1, 0.15) is 31.6 Å². The molecule has 2 aromatic carbocycles. The lowest BCUT2D eigenvalue weighted by atomic mass is 10.2. The number of para-hydroxylation sites is 2. The number of aryl methyl sites for hydroxylation is 1. The summed E-state index contributed by atoms with van der Waals surface area (Å²) < 4.78 is 2.20. The van der Waals surface area contributed by atoms with E-state index in [0.717, 1.165) is 36.2 Å². The van der Waals surface area contributed by atoms with Gasteiger partial charge in [0.1, 0.15) is 5.82 Å². The average molecular weight is 403 g/mol. The third-order valence-corrected chi connectivity index (χ3v) is 5.72. The summed E-state index contributed by atoms with van der Waals surface area (Å²) in [7, 11) is 0. The summed E-state index contributed by atoms with van der Waals surface area (Å²) in [5.41, 5.74) is 2.70. The number of urea groups is 1. The van der Waals surface area contributed by atoms with Gasteiger partial charge in [-0.25, -0.2) is 9.78 Å². The van der Waals surface area contributed by atoms with E-state index in [1.165, 1.54) is 0 Å². The Morgan fingerprint density at radius 3 is 2.81 bits per heavy atom. The van der Waals surface area contributed by atoms with Gasteiger partial charge in [-0.05, 0) is 50.1 Å². The van der Waals surface area contributed by atoms with Crippen LogP contribution in [0.25, 0.3) is 11.0 Å². The Morgan fingerprint density at radius 2 is 2.04 bits per heavy atom. The van der Waals surface area contributed by atoms with Crippen LogP contribution in [-0.4, -0.2) is 27.0 Å². The number of nitrogens with zero attached hydrogens (tertiary/aromatic N) is 3. The maximum atomic E-state index is 12.9. The molecule has 1 aliphatic heterocycles. The molecule has 7 heteroatoms. The van der Waals surface area contributed by atoms with E-state index in [-0.39, 0.29) is 12.1 Å². The van der Waals surface area contributed by atoms with Gasteiger partial charge in [-0.2, -0.15) is 0 Å². The number of nitrogens with one attached hydrogen (secondary N) is 1. The maximum Gasteiger partial charge on any atom is 0.322 e. The highest BCUT2D eigenvalue weighted by molar-refractivity contribution is 6.42. The van der Waals surface area contributed by atoms with E-state index < -0.39 is 0 Å². The van der Waals surface area contributed by atoms with Crippen LogP contribution in [0.4, 0.5) is 10.5 Å². The Bertz CT molecular complexity index is 1000. The van der Waals surface area contributed by atoms with Crippen molar-refractivity contribution in [1.82, 2.24) is 14.5 Å². The summed E-state index contributed by atoms with van der Waals surface area (Å²) in [6, 6.07) is 13.0. The number of carbonyl (C=O) groups is 1. The fourth-order valence-corrected chi connectivity index (χ4v) is 4.03. The largest absolute Gasteiger partial charge is 0.327 e. The summed E-state index contributed by atoms with van der Waals surface area (Å²) in [5, 5.41) is 3.81. The number of benzene rings is 2. The van der Waals surface area contributed by atoms with E-state index in [1.807, 2.05) is 23.1 Å². The molecule has 0 radical (unpaired) electrons. The summed E-state index contributed by atoms with van der Waals surface area (Å²) in [4.78, 5) is 19.6. The zero-order chi connectivity index (χ0) is 19.0. The number of fused-ring (bicyclic) bond motifs is 1. The number of likely N-dealkylation sites (tertiary alicyclic amines) is 1. The summed E-state index contributed by atoms with van der Waals surface area (Å²) in [6.07, 6.45) is 1.85. The van der Waals surface area contributed by atoms with Crippen molar-refractivity contribution in [2.24, 2.45) is 0 Å². The minimum absolute atomic E-state index is 0.0416. The van der Waals surface area contributed by atoms with Crippen LogP contribution in [0, 0.1) is 0 Å². The molecule has 1 atom stereocenters. The second-order valence-electron chi connectivity index (χ2n) is 6.61. The van der Waals surface area contributed by atoms with Crippen molar-refractivity contribution in [3.05, 3.63) is 58.3 Å². The lowest BCUT2D eigenvalue weighted by Gasteiger charge is -2.25. The van der Waals surface area contributed by atoms with Crippen LogP contribution in [0.15, 0.2) is 42.5 Å². The third-order valence-electron chi connectivity index (χ3n) is 4.98. The van der Waals surface area contributed by atoms with Gasteiger partial charge in [0, 0.05) is 18.8 Å². The highest BCUT2D eigenvalue weighted by Gasteiger charge is 2.33. The minimum Gasteiger partial charge on any atom is -0.327 e. The van der Waals surface area contributed by atoms with Crippen LogP contribution < -0.4 is 5.32 Å². The first kappa shape index (κ1) is 18.1. The quantitative estimate of drug-likeness (QED) is 0.607. The van der Waals surface area contributed by atoms with Crippen molar-refractivity contribution in [3.8, 4) is 0 Å². The molecular weight excluding hydrogens is 383 g/mol. The molecule has 1 unspecified atom stereocenters. The first-order valence-electron chi connectivity index (χ1n) is 9.06. The van der Waals surface area contributed by atoms with Crippen molar-refractivity contribution in [3.63, 3.8) is 0 Å². The second kappa shape index (κ2) is 7.41. The van der Waals surface area contributed by atoms with Gasteiger partial charge in [-0.15, -0.1) is 0 Å². The highest BCUT2D eigenvalue weighted by atomic mass is 35.5. The molecule has 5 nitrogen and oxygen atoms in total. The molecule has 140 valence electrons. The molecule has 4 rings (SSSR count). The zero-order valence-corrected chi connectivity index (χ0v) is 16.5. The van der Waals surface area contributed by atoms with Gasteiger partial charge in [0.15, 0.2) is 0 Å². The topological polar surface area (TPSA) is 50.2 Å². The third kappa shape index (κ3) is 3.37. The number of hydrogen-bond donors (Lipinski definition) is 1. The smallest absolute Gasteiger partial charge is 0.322 e.